The molecule has 0 aliphatic heterocycles. The van der Waals surface area contributed by atoms with Crippen LogP contribution < -0.4 is 15.8 Å². The van der Waals surface area contributed by atoms with E-state index in [1.54, 1.807) is 18.2 Å². The lowest BCUT2D eigenvalue weighted by Crippen LogP contribution is -2.24. The fraction of sp³-hybridized carbons (Fsp3) is 0.562. The Kier molecular flexibility index (Phi) is 6.91. The van der Waals surface area contributed by atoms with Crippen molar-refractivity contribution in [1.82, 2.24) is 5.32 Å². The van der Waals surface area contributed by atoms with Gasteiger partial charge < -0.3 is 15.8 Å². The lowest BCUT2D eigenvalue weighted by Gasteiger charge is -2.09. The van der Waals surface area contributed by atoms with Crippen molar-refractivity contribution in [1.29, 1.82) is 0 Å². The monoisotopic (exact) mass is 278 g/mol. The summed E-state index contributed by atoms with van der Waals surface area (Å²) in [6.45, 7) is 7.59. The maximum atomic E-state index is 12.0. The van der Waals surface area contributed by atoms with Crippen LogP contribution in [0.15, 0.2) is 18.2 Å². The maximum Gasteiger partial charge on any atom is 0.251 e. The molecule has 3 N–H and O–H groups in total. The Hall–Kier alpha value is -1.71. The number of nitrogens with two attached hydrogens (primary N) is 1. The molecule has 0 bridgehead atoms. The van der Waals surface area contributed by atoms with Crippen LogP contribution in [0.1, 0.15) is 50.4 Å². The highest BCUT2D eigenvalue weighted by Crippen LogP contribution is 2.22. The highest BCUT2D eigenvalue weighted by molar-refractivity contribution is 5.95. The summed E-state index contributed by atoms with van der Waals surface area (Å²) in [4.78, 5) is 12.0. The van der Waals surface area contributed by atoms with Crippen LogP contribution >= 0.6 is 0 Å². The summed E-state index contributed by atoms with van der Waals surface area (Å²) in [5.74, 6) is 1.27. The predicted molar refractivity (Wildman–Crippen MR) is 83.0 cm³/mol. The molecule has 0 aliphatic carbocycles. The van der Waals surface area contributed by atoms with Gasteiger partial charge in [0.2, 0.25) is 0 Å². The third-order valence-electron chi connectivity index (χ3n) is 3.07. The van der Waals surface area contributed by atoms with Crippen LogP contribution in [0.5, 0.6) is 5.75 Å². The van der Waals surface area contributed by atoms with Gasteiger partial charge in [0.25, 0.3) is 5.91 Å². The van der Waals surface area contributed by atoms with Crippen molar-refractivity contribution in [2.24, 2.45) is 5.92 Å². The first-order valence-corrected chi connectivity index (χ1v) is 7.35. The molecule has 0 radical (unpaired) electrons. The van der Waals surface area contributed by atoms with Crippen LogP contribution in [0.25, 0.3) is 0 Å². The van der Waals surface area contributed by atoms with E-state index in [0.29, 0.717) is 30.2 Å². The lowest BCUT2D eigenvalue weighted by molar-refractivity contribution is 0.0953. The molecule has 1 aromatic carbocycles. The predicted octanol–water partition coefficient (Wildman–Crippen LogP) is 3.22. The summed E-state index contributed by atoms with van der Waals surface area (Å²) >= 11 is 0. The molecule has 0 unspecified atom stereocenters. The molecule has 4 heteroatoms. The Morgan fingerprint density at radius 1 is 1.35 bits per heavy atom. The van der Waals surface area contributed by atoms with E-state index in [-0.39, 0.29) is 5.91 Å². The summed E-state index contributed by atoms with van der Waals surface area (Å²) in [6, 6.07) is 5.14. The van der Waals surface area contributed by atoms with Crippen molar-refractivity contribution in [3.63, 3.8) is 0 Å². The molecule has 1 amide bonds. The zero-order chi connectivity index (χ0) is 15.0. The minimum Gasteiger partial charge on any atom is -0.492 e. The SMILES string of the molecule is CCOc1ccc(C(=O)NCCCCC(C)C)cc1N. The molecular weight excluding hydrogens is 252 g/mol. The summed E-state index contributed by atoms with van der Waals surface area (Å²) in [5, 5.41) is 2.92. The third-order valence-corrected chi connectivity index (χ3v) is 3.07. The van der Waals surface area contributed by atoms with Gasteiger partial charge >= 0.3 is 0 Å². The van der Waals surface area contributed by atoms with Gasteiger partial charge in [-0.15, -0.1) is 0 Å². The topological polar surface area (TPSA) is 64.3 Å². The van der Waals surface area contributed by atoms with Gasteiger partial charge in [0.05, 0.1) is 12.3 Å². The number of carbonyl (C=O) groups is 1. The average Bonchev–Trinajstić information content (AvgIpc) is 2.40. The molecule has 20 heavy (non-hydrogen) atoms. The Morgan fingerprint density at radius 3 is 2.70 bits per heavy atom. The number of ether oxygens (including phenoxy) is 1. The van der Waals surface area contributed by atoms with Gasteiger partial charge in [-0.2, -0.15) is 0 Å². The van der Waals surface area contributed by atoms with Crippen LogP contribution in [-0.2, 0) is 0 Å². The van der Waals surface area contributed by atoms with Crippen LogP contribution in [0.2, 0.25) is 0 Å². The summed E-state index contributed by atoms with van der Waals surface area (Å²) in [6.07, 6.45) is 3.35. The molecule has 0 saturated heterocycles. The number of hydrogen-bond donors (Lipinski definition) is 2. The molecule has 1 rings (SSSR count). The third kappa shape index (κ3) is 5.51. The summed E-state index contributed by atoms with van der Waals surface area (Å²) in [5.41, 5.74) is 6.93. The molecule has 0 spiro atoms. The number of hydrogen-bond acceptors (Lipinski definition) is 3. The van der Waals surface area contributed by atoms with Gasteiger partial charge in [-0.1, -0.05) is 26.7 Å². The first-order chi connectivity index (χ1) is 9.54. The number of nitrogens with one attached hydrogen (secondary N) is 1. The first kappa shape index (κ1) is 16.3. The molecule has 112 valence electrons. The molecule has 0 aromatic heterocycles. The first-order valence-electron chi connectivity index (χ1n) is 7.35. The zero-order valence-electron chi connectivity index (χ0n) is 12.7. The quantitative estimate of drug-likeness (QED) is 0.567. The van der Waals surface area contributed by atoms with E-state index >= 15 is 0 Å². The van der Waals surface area contributed by atoms with Gasteiger partial charge in [0.15, 0.2) is 0 Å². The van der Waals surface area contributed by atoms with Gasteiger partial charge in [-0.25, -0.2) is 0 Å². The molecule has 0 heterocycles. The van der Waals surface area contributed by atoms with Gasteiger partial charge in [0.1, 0.15) is 5.75 Å². The molecule has 1 aromatic rings. The largest absolute Gasteiger partial charge is 0.492 e. The van der Waals surface area contributed by atoms with Crippen molar-refractivity contribution >= 4 is 11.6 Å². The number of amides is 1. The number of carbonyl (C=O) groups excluding carboxylic acids is 1. The van der Waals surface area contributed by atoms with Crippen molar-refractivity contribution in [2.75, 3.05) is 18.9 Å². The Labute approximate surface area is 121 Å². The number of benzene rings is 1. The van der Waals surface area contributed by atoms with Gasteiger partial charge in [-0.05, 0) is 37.5 Å². The van der Waals surface area contributed by atoms with Gasteiger partial charge in [0, 0.05) is 12.1 Å². The van der Waals surface area contributed by atoms with E-state index in [1.807, 2.05) is 6.92 Å². The number of anilines is 1. The fourth-order valence-electron chi connectivity index (χ4n) is 1.96. The smallest absolute Gasteiger partial charge is 0.251 e. The minimum absolute atomic E-state index is 0.0794. The van der Waals surface area contributed by atoms with Crippen LogP contribution in [0, 0.1) is 5.92 Å². The Morgan fingerprint density at radius 2 is 2.10 bits per heavy atom. The highest BCUT2D eigenvalue weighted by atomic mass is 16.5. The number of unbranched alkanes of at least 4 members (excludes halogenated alkanes) is 1. The summed E-state index contributed by atoms with van der Waals surface area (Å²) < 4.78 is 5.35. The van der Waals surface area contributed by atoms with E-state index in [4.69, 9.17) is 10.5 Å². The Balaban J connectivity index is 2.41. The number of nitrogen functional groups attached to an aromatic ring is 1. The number of rotatable bonds is 8. The van der Waals surface area contributed by atoms with E-state index in [0.717, 1.165) is 18.8 Å². The van der Waals surface area contributed by atoms with Crippen LogP contribution in [-0.4, -0.2) is 19.1 Å². The second-order valence-electron chi connectivity index (χ2n) is 5.33. The molecule has 4 nitrogen and oxygen atoms in total. The second kappa shape index (κ2) is 8.46. The van der Waals surface area contributed by atoms with Crippen molar-refractivity contribution < 1.29 is 9.53 Å². The molecule has 0 aliphatic rings. The molecule has 0 saturated carbocycles. The summed E-state index contributed by atoms with van der Waals surface area (Å²) in [7, 11) is 0. The van der Waals surface area contributed by atoms with E-state index in [9.17, 15) is 4.79 Å². The molecule has 0 atom stereocenters. The molecular formula is C16H26N2O2. The minimum atomic E-state index is -0.0794. The van der Waals surface area contributed by atoms with E-state index in [2.05, 4.69) is 19.2 Å². The zero-order valence-corrected chi connectivity index (χ0v) is 12.7. The normalized spacial score (nSPS) is 10.6. The average molecular weight is 278 g/mol. The fourth-order valence-corrected chi connectivity index (χ4v) is 1.96. The van der Waals surface area contributed by atoms with Crippen molar-refractivity contribution in [3.05, 3.63) is 23.8 Å². The van der Waals surface area contributed by atoms with Crippen molar-refractivity contribution in [2.45, 2.75) is 40.0 Å². The van der Waals surface area contributed by atoms with Crippen LogP contribution in [0.4, 0.5) is 5.69 Å². The lowest BCUT2D eigenvalue weighted by atomic mass is 10.1. The van der Waals surface area contributed by atoms with E-state index in [1.165, 1.54) is 6.42 Å². The van der Waals surface area contributed by atoms with E-state index < -0.39 is 0 Å². The second-order valence-corrected chi connectivity index (χ2v) is 5.33. The highest BCUT2D eigenvalue weighted by Gasteiger charge is 2.08. The Bertz CT molecular complexity index is 430. The van der Waals surface area contributed by atoms with Crippen molar-refractivity contribution in [3.8, 4) is 5.75 Å². The van der Waals surface area contributed by atoms with Crippen LogP contribution in [0.3, 0.4) is 0 Å². The van der Waals surface area contributed by atoms with Gasteiger partial charge in [-0.3, -0.25) is 4.79 Å². The molecule has 0 fully saturated rings. The maximum absolute atomic E-state index is 12.0. The standard InChI is InChI=1S/C16H26N2O2/c1-4-20-15-9-8-13(11-14(15)17)16(19)18-10-6-5-7-12(2)3/h8-9,11-12H,4-7,10,17H2,1-3H3,(H,18,19).